The van der Waals surface area contributed by atoms with Gasteiger partial charge in [0.2, 0.25) is 0 Å². The summed E-state index contributed by atoms with van der Waals surface area (Å²) in [5, 5.41) is 0. The van der Waals surface area contributed by atoms with Crippen molar-refractivity contribution < 1.29 is 9.53 Å². The van der Waals surface area contributed by atoms with Crippen molar-refractivity contribution in [2.45, 2.75) is 12.3 Å². The summed E-state index contributed by atoms with van der Waals surface area (Å²) in [6, 6.07) is 7.57. The molecule has 0 aliphatic carbocycles. The number of aliphatic imine (C=N–C) groups is 1. The summed E-state index contributed by atoms with van der Waals surface area (Å²) in [5.74, 6) is 0.539. The summed E-state index contributed by atoms with van der Waals surface area (Å²) in [5.41, 5.74) is 0.928. The van der Waals surface area contributed by atoms with Crippen LogP contribution in [0.3, 0.4) is 0 Å². The monoisotopic (exact) mass is 189 g/mol. The highest BCUT2D eigenvalue weighted by molar-refractivity contribution is 5.97. The molecule has 72 valence electrons. The van der Waals surface area contributed by atoms with Gasteiger partial charge in [-0.25, -0.2) is 4.99 Å². The van der Waals surface area contributed by atoms with E-state index in [1.165, 1.54) is 0 Å². The second kappa shape index (κ2) is 3.62. The third-order valence-corrected chi connectivity index (χ3v) is 2.37. The molecule has 0 spiro atoms. The molecular weight excluding hydrogens is 178 g/mol. The van der Waals surface area contributed by atoms with Gasteiger partial charge < -0.3 is 4.74 Å². The fourth-order valence-corrected chi connectivity index (χ4v) is 1.65. The molecule has 3 heteroatoms. The number of hydrogen-bond acceptors (Lipinski definition) is 2. The van der Waals surface area contributed by atoms with Crippen molar-refractivity contribution in [3.8, 4) is 5.75 Å². The highest BCUT2D eigenvalue weighted by atomic mass is 16.5. The zero-order valence-corrected chi connectivity index (χ0v) is 7.93. The van der Waals surface area contributed by atoms with Crippen molar-refractivity contribution in [3.63, 3.8) is 0 Å². The Bertz CT molecular complexity index is 385. The number of rotatable bonds is 2. The molecule has 1 aliphatic heterocycles. The van der Waals surface area contributed by atoms with E-state index < -0.39 is 0 Å². The molecule has 0 bridgehead atoms. The zero-order valence-electron chi connectivity index (χ0n) is 7.93. The summed E-state index contributed by atoms with van der Waals surface area (Å²) in [6.45, 7) is 0. The number of nitrogens with zero attached hydrogens (tertiary/aromatic N) is 1. The minimum absolute atomic E-state index is 0.0745. The van der Waals surface area contributed by atoms with E-state index in [4.69, 9.17) is 4.74 Å². The molecule has 0 aromatic heterocycles. The maximum atomic E-state index is 11.4. The lowest BCUT2D eigenvalue weighted by atomic mass is 9.96. The Hall–Kier alpha value is -1.64. The number of carbonyl (C=O) groups excluding carboxylic acids is 1. The Morgan fingerprint density at radius 2 is 2.21 bits per heavy atom. The molecular formula is C11H11NO2. The lowest BCUT2D eigenvalue weighted by molar-refractivity contribution is -0.118. The van der Waals surface area contributed by atoms with E-state index in [1.54, 1.807) is 13.3 Å². The third-order valence-electron chi connectivity index (χ3n) is 2.37. The van der Waals surface area contributed by atoms with E-state index in [9.17, 15) is 4.79 Å². The van der Waals surface area contributed by atoms with Crippen LogP contribution in [0.1, 0.15) is 17.9 Å². The molecule has 1 aromatic carbocycles. The first-order valence-corrected chi connectivity index (χ1v) is 4.52. The van der Waals surface area contributed by atoms with Gasteiger partial charge in [-0.05, 0) is 12.5 Å². The van der Waals surface area contributed by atoms with Gasteiger partial charge in [-0.15, -0.1) is 0 Å². The van der Waals surface area contributed by atoms with Gasteiger partial charge in [-0.2, -0.15) is 0 Å². The Balaban J connectivity index is 2.36. The van der Waals surface area contributed by atoms with E-state index in [1.807, 2.05) is 24.3 Å². The summed E-state index contributed by atoms with van der Waals surface area (Å²) in [6.07, 6.45) is 2.35. The average Bonchev–Trinajstić information content (AvgIpc) is 2.64. The molecule has 0 radical (unpaired) electrons. The van der Waals surface area contributed by atoms with Gasteiger partial charge in [0.15, 0.2) is 0 Å². The third kappa shape index (κ3) is 1.41. The molecule has 0 fully saturated rings. The number of ether oxygens (including phenoxy) is 1. The van der Waals surface area contributed by atoms with E-state index in [0.717, 1.165) is 11.3 Å². The van der Waals surface area contributed by atoms with Crippen LogP contribution in [-0.4, -0.2) is 19.2 Å². The van der Waals surface area contributed by atoms with Crippen LogP contribution in [0.15, 0.2) is 29.3 Å². The van der Waals surface area contributed by atoms with Crippen LogP contribution in [0.2, 0.25) is 0 Å². The van der Waals surface area contributed by atoms with Gasteiger partial charge in [0.1, 0.15) is 5.75 Å². The zero-order chi connectivity index (χ0) is 9.97. The maximum absolute atomic E-state index is 11.4. The summed E-state index contributed by atoms with van der Waals surface area (Å²) in [7, 11) is 1.61. The molecule has 1 atom stereocenters. The molecule has 0 saturated carbocycles. The molecule has 3 nitrogen and oxygen atoms in total. The fraction of sp³-hybridized carbons (Fsp3) is 0.273. The predicted octanol–water partition coefficient (Wildman–Crippen LogP) is 1.78. The number of benzene rings is 1. The molecule has 1 aliphatic rings. The Labute approximate surface area is 82.4 Å². The molecule has 1 unspecified atom stereocenters. The van der Waals surface area contributed by atoms with Crippen LogP contribution in [0, 0.1) is 0 Å². The van der Waals surface area contributed by atoms with Crippen molar-refractivity contribution in [2.75, 3.05) is 7.11 Å². The highest BCUT2D eigenvalue weighted by Crippen LogP contribution is 2.31. The quantitative estimate of drug-likeness (QED) is 0.711. The second-order valence-electron chi connectivity index (χ2n) is 3.18. The molecule has 0 saturated heterocycles. The van der Waals surface area contributed by atoms with Crippen molar-refractivity contribution >= 4 is 12.1 Å². The molecule has 1 heterocycles. The minimum Gasteiger partial charge on any atom is -0.496 e. The molecule has 0 N–H and O–H groups in total. The van der Waals surface area contributed by atoms with Crippen LogP contribution in [-0.2, 0) is 4.79 Å². The number of carbonyl (C=O) groups is 1. The van der Waals surface area contributed by atoms with Crippen LogP contribution in [0.25, 0.3) is 0 Å². The molecule has 1 amide bonds. The van der Waals surface area contributed by atoms with Crippen LogP contribution in [0.4, 0.5) is 0 Å². The Kier molecular flexibility index (Phi) is 2.31. The Morgan fingerprint density at radius 3 is 2.86 bits per heavy atom. The van der Waals surface area contributed by atoms with Crippen molar-refractivity contribution in [1.29, 1.82) is 0 Å². The van der Waals surface area contributed by atoms with Gasteiger partial charge in [0, 0.05) is 11.8 Å². The van der Waals surface area contributed by atoms with Crippen molar-refractivity contribution in [3.05, 3.63) is 29.8 Å². The van der Waals surface area contributed by atoms with Gasteiger partial charge in [0.05, 0.1) is 13.0 Å². The summed E-state index contributed by atoms with van der Waals surface area (Å²) in [4.78, 5) is 15.1. The van der Waals surface area contributed by atoms with Crippen LogP contribution < -0.4 is 4.74 Å². The van der Waals surface area contributed by atoms with E-state index in [0.29, 0.717) is 6.42 Å². The smallest absolute Gasteiger partial charge is 0.253 e. The van der Waals surface area contributed by atoms with Crippen LogP contribution >= 0.6 is 0 Å². The van der Waals surface area contributed by atoms with Gasteiger partial charge >= 0.3 is 0 Å². The van der Waals surface area contributed by atoms with Crippen LogP contribution in [0.5, 0.6) is 5.75 Å². The standard InChI is InChI=1S/C11H11NO2/c1-14-10-5-3-2-4-8(10)9-6-7-12-11(9)13/h2-5,7,9H,6H2,1H3. The SMILES string of the molecule is COc1ccccc1C1CC=NC1=O. The second-order valence-corrected chi connectivity index (χ2v) is 3.18. The fourth-order valence-electron chi connectivity index (χ4n) is 1.65. The van der Waals surface area contributed by atoms with Crippen molar-refractivity contribution in [1.82, 2.24) is 0 Å². The number of amides is 1. The predicted molar refractivity (Wildman–Crippen MR) is 53.9 cm³/mol. The number of hydrogen-bond donors (Lipinski definition) is 0. The normalized spacial score (nSPS) is 20.1. The first-order valence-electron chi connectivity index (χ1n) is 4.52. The Morgan fingerprint density at radius 1 is 1.43 bits per heavy atom. The molecule has 2 rings (SSSR count). The summed E-state index contributed by atoms with van der Waals surface area (Å²) < 4.78 is 5.20. The number of methoxy groups -OCH3 is 1. The van der Waals surface area contributed by atoms with E-state index >= 15 is 0 Å². The first kappa shape index (κ1) is 8.94. The van der Waals surface area contributed by atoms with Gasteiger partial charge in [-0.3, -0.25) is 4.79 Å². The van der Waals surface area contributed by atoms with Crippen molar-refractivity contribution in [2.24, 2.45) is 4.99 Å². The summed E-state index contributed by atoms with van der Waals surface area (Å²) >= 11 is 0. The minimum atomic E-state index is -0.147. The number of para-hydroxylation sites is 1. The molecule has 14 heavy (non-hydrogen) atoms. The van der Waals surface area contributed by atoms with Gasteiger partial charge in [0.25, 0.3) is 5.91 Å². The lowest BCUT2D eigenvalue weighted by Crippen LogP contribution is -2.06. The van der Waals surface area contributed by atoms with E-state index in [-0.39, 0.29) is 11.8 Å². The van der Waals surface area contributed by atoms with E-state index in [2.05, 4.69) is 4.99 Å². The largest absolute Gasteiger partial charge is 0.496 e. The topological polar surface area (TPSA) is 38.7 Å². The first-order chi connectivity index (χ1) is 6.83. The lowest BCUT2D eigenvalue weighted by Gasteiger charge is -2.11. The average molecular weight is 189 g/mol. The maximum Gasteiger partial charge on any atom is 0.253 e. The molecule has 1 aromatic rings. The highest BCUT2D eigenvalue weighted by Gasteiger charge is 2.25. The van der Waals surface area contributed by atoms with Gasteiger partial charge in [-0.1, -0.05) is 18.2 Å².